The Labute approximate surface area is 283 Å². The van der Waals surface area contributed by atoms with Gasteiger partial charge in [0.05, 0.1) is 41.8 Å². The third kappa shape index (κ3) is 10.1. The zero-order valence-electron chi connectivity index (χ0n) is 28.5. The molecule has 1 aliphatic carbocycles. The van der Waals surface area contributed by atoms with Crippen LogP contribution < -0.4 is 26.4 Å². The number of carbonyl (C=O) groups is 4. The third-order valence-electron chi connectivity index (χ3n) is 9.24. The van der Waals surface area contributed by atoms with Gasteiger partial charge in [-0.1, -0.05) is 50.8 Å². The van der Waals surface area contributed by atoms with Crippen molar-refractivity contribution in [2.24, 2.45) is 5.92 Å². The highest BCUT2D eigenvalue weighted by Gasteiger charge is 2.35. The number of nitrogens with zero attached hydrogens (tertiary/aromatic N) is 2. The van der Waals surface area contributed by atoms with Crippen LogP contribution in [0.15, 0.2) is 42.5 Å². The average molecular weight is 665 g/mol. The predicted octanol–water partition coefficient (Wildman–Crippen LogP) is 4.99. The number of benzene rings is 2. The lowest BCUT2D eigenvalue weighted by Crippen LogP contribution is -2.52. The summed E-state index contributed by atoms with van der Waals surface area (Å²) in [6, 6.07) is 11.7. The van der Waals surface area contributed by atoms with Crippen molar-refractivity contribution in [1.29, 1.82) is 0 Å². The molecule has 2 aliphatic rings. The maximum absolute atomic E-state index is 13.8. The van der Waals surface area contributed by atoms with Gasteiger partial charge >= 0.3 is 6.03 Å². The van der Waals surface area contributed by atoms with Crippen LogP contribution in [-0.2, 0) is 9.59 Å². The molecule has 3 atom stereocenters. The largest absolute Gasteiger partial charge is 0.485 e. The third-order valence-corrected chi connectivity index (χ3v) is 9.24. The summed E-state index contributed by atoms with van der Waals surface area (Å²) >= 11 is 0. The minimum Gasteiger partial charge on any atom is -0.485 e. The minimum absolute atomic E-state index is 0.132. The molecule has 6 N–H and O–H groups in total. The fourth-order valence-corrected chi connectivity index (χ4v) is 6.23. The maximum Gasteiger partial charge on any atom is 0.317 e. The summed E-state index contributed by atoms with van der Waals surface area (Å²) in [5, 5.41) is 18.9. The fraction of sp³-hybridized carbons (Fsp3) is 0.556. The molecule has 1 heterocycles. The van der Waals surface area contributed by atoms with Crippen LogP contribution in [0.3, 0.4) is 0 Å². The summed E-state index contributed by atoms with van der Waals surface area (Å²) in [6.07, 6.45) is 7.26. The first-order valence-corrected chi connectivity index (χ1v) is 17.2. The van der Waals surface area contributed by atoms with Gasteiger partial charge in [0.25, 0.3) is 5.91 Å². The van der Waals surface area contributed by atoms with Gasteiger partial charge in [0.15, 0.2) is 5.75 Å². The molecule has 1 aliphatic heterocycles. The van der Waals surface area contributed by atoms with Crippen molar-refractivity contribution in [3.63, 3.8) is 0 Å². The molecule has 5 amide bonds. The van der Waals surface area contributed by atoms with E-state index in [9.17, 15) is 24.3 Å². The van der Waals surface area contributed by atoms with Gasteiger partial charge in [-0.2, -0.15) is 0 Å². The summed E-state index contributed by atoms with van der Waals surface area (Å²) in [7, 11) is 1.74. The summed E-state index contributed by atoms with van der Waals surface area (Å²) in [5.74, 6) is -0.614. The highest BCUT2D eigenvalue weighted by molar-refractivity contribution is 6.01. The number of ether oxygens (including phenoxy) is 1. The molecule has 48 heavy (non-hydrogen) atoms. The Bertz CT molecular complexity index is 1410. The highest BCUT2D eigenvalue weighted by atomic mass is 16.5. The fourth-order valence-electron chi connectivity index (χ4n) is 6.23. The number of unbranched alkanes of at least 4 members (excludes halogenated alkanes) is 2. The molecule has 262 valence electrons. The van der Waals surface area contributed by atoms with Crippen LogP contribution >= 0.6 is 0 Å². The average Bonchev–Trinajstić information content (AvgIpc) is 3.07. The molecule has 0 unspecified atom stereocenters. The topological polar surface area (TPSA) is 166 Å². The van der Waals surface area contributed by atoms with Gasteiger partial charge < -0.3 is 41.3 Å². The lowest BCUT2D eigenvalue weighted by atomic mass is 9.96. The number of fused-ring (bicyclic) bond motifs is 1. The molecule has 0 saturated heterocycles. The molecule has 2 aromatic carbocycles. The second-order valence-electron chi connectivity index (χ2n) is 13.2. The Hall–Kier alpha value is -4.32. The number of amides is 5. The van der Waals surface area contributed by atoms with Gasteiger partial charge in [0.2, 0.25) is 11.8 Å². The van der Waals surface area contributed by atoms with Gasteiger partial charge in [0, 0.05) is 38.4 Å². The van der Waals surface area contributed by atoms with E-state index in [0.717, 1.165) is 25.7 Å². The molecule has 12 nitrogen and oxygen atoms in total. The first-order valence-electron chi connectivity index (χ1n) is 17.2. The summed E-state index contributed by atoms with van der Waals surface area (Å²) in [6.45, 7) is 4.14. The molecular formula is C36H52N6O6. The number of hydrogen-bond acceptors (Lipinski definition) is 7. The van der Waals surface area contributed by atoms with Crippen molar-refractivity contribution >= 4 is 40.8 Å². The van der Waals surface area contributed by atoms with E-state index in [1.165, 1.54) is 6.42 Å². The van der Waals surface area contributed by atoms with Gasteiger partial charge in [-0.3, -0.25) is 14.4 Å². The van der Waals surface area contributed by atoms with Crippen molar-refractivity contribution in [1.82, 2.24) is 15.1 Å². The van der Waals surface area contributed by atoms with E-state index in [1.807, 2.05) is 6.92 Å². The van der Waals surface area contributed by atoms with Crippen LogP contribution in [-0.4, -0.2) is 83.6 Å². The van der Waals surface area contributed by atoms with Gasteiger partial charge in [-0.05, 0) is 56.9 Å². The number of aliphatic hydroxyl groups excluding tert-OH is 1. The van der Waals surface area contributed by atoms with E-state index in [-0.39, 0.29) is 66.6 Å². The number of nitrogens with one attached hydrogen (secondary N) is 3. The van der Waals surface area contributed by atoms with Gasteiger partial charge in [0.1, 0.15) is 6.10 Å². The predicted molar refractivity (Wildman–Crippen MR) is 187 cm³/mol. The second-order valence-corrected chi connectivity index (χ2v) is 13.2. The molecular weight excluding hydrogens is 612 g/mol. The molecule has 1 fully saturated rings. The molecule has 0 bridgehead atoms. The Morgan fingerprint density at radius 2 is 1.62 bits per heavy atom. The van der Waals surface area contributed by atoms with Crippen molar-refractivity contribution in [3.05, 3.63) is 48.0 Å². The number of rotatable bonds is 13. The minimum atomic E-state index is -0.497. The summed E-state index contributed by atoms with van der Waals surface area (Å²) < 4.78 is 6.55. The maximum atomic E-state index is 13.8. The molecule has 1 saturated carbocycles. The number of nitrogens with two attached hydrogens (primary N) is 1. The first kappa shape index (κ1) is 36.5. The Balaban J connectivity index is 1.40. The van der Waals surface area contributed by atoms with Gasteiger partial charge in [-0.25, -0.2) is 4.79 Å². The Morgan fingerprint density at radius 3 is 2.29 bits per heavy atom. The lowest BCUT2D eigenvalue weighted by Gasteiger charge is -2.38. The second kappa shape index (κ2) is 17.7. The molecule has 0 aromatic heterocycles. The van der Waals surface area contributed by atoms with E-state index in [2.05, 4.69) is 16.0 Å². The van der Waals surface area contributed by atoms with E-state index in [4.69, 9.17) is 10.5 Å². The van der Waals surface area contributed by atoms with Crippen LogP contribution in [0.5, 0.6) is 5.75 Å². The van der Waals surface area contributed by atoms with Crippen molar-refractivity contribution in [2.45, 2.75) is 96.2 Å². The zero-order valence-corrected chi connectivity index (χ0v) is 28.5. The molecule has 12 heteroatoms. The van der Waals surface area contributed by atoms with Crippen molar-refractivity contribution in [3.8, 4) is 5.75 Å². The molecule has 0 radical (unpaired) electrons. The Kier molecular flexibility index (Phi) is 13.5. The number of hydrogen-bond donors (Lipinski definition) is 5. The van der Waals surface area contributed by atoms with E-state index in [1.54, 1.807) is 66.2 Å². The van der Waals surface area contributed by atoms with E-state index < -0.39 is 12.1 Å². The Morgan fingerprint density at radius 1 is 0.979 bits per heavy atom. The molecule has 2 aromatic rings. The normalized spacial score (nSPS) is 18.8. The quantitative estimate of drug-likeness (QED) is 0.149. The smallest absolute Gasteiger partial charge is 0.317 e. The number of carbonyl (C=O) groups excluding carboxylic acids is 4. The number of anilines is 3. The van der Waals surface area contributed by atoms with Gasteiger partial charge in [-0.15, -0.1) is 0 Å². The first-order chi connectivity index (χ1) is 23.1. The van der Waals surface area contributed by atoms with Crippen LogP contribution in [0.25, 0.3) is 0 Å². The monoisotopic (exact) mass is 664 g/mol. The van der Waals surface area contributed by atoms with E-state index >= 15 is 0 Å². The molecule has 4 rings (SSSR count). The van der Waals surface area contributed by atoms with Crippen LogP contribution in [0.4, 0.5) is 21.9 Å². The van der Waals surface area contributed by atoms with Crippen LogP contribution in [0.1, 0.15) is 88.4 Å². The number of aliphatic hydroxyl groups is 1. The molecule has 0 spiro atoms. The highest BCUT2D eigenvalue weighted by Crippen LogP contribution is 2.35. The SMILES string of the molecule is C[C@@H]1CN([C@@H](C)CO)C(=O)c2cccc(NC(=O)CCCCCC(=O)Nc3ccccc3N)c2O[C@H]1CN(C)C(=O)NC1CCCCC1. The van der Waals surface area contributed by atoms with E-state index in [0.29, 0.717) is 49.3 Å². The number of para-hydroxylation sites is 3. The summed E-state index contributed by atoms with van der Waals surface area (Å²) in [5.41, 5.74) is 7.64. The van der Waals surface area contributed by atoms with Crippen molar-refractivity contribution < 1.29 is 29.0 Å². The standard InChI is InChI=1S/C36H52N6O6/c1-24-21-42(25(2)23-43)35(46)27-15-12-18-30(34(27)48-31(24)22-41(3)36(47)38-26-13-6-4-7-14-26)40-33(45)20-9-5-8-19-32(44)39-29-17-11-10-16-28(29)37/h10-12,15-18,24-26,31,43H,4-9,13-14,19-23,37H2,1-3H3,(H,38,47)(H,39,44)(H,40,45)/t24-,25+,31+/m1/s1. The number of nitrogen functional groups attached to an aromatic ring is 1. The summed E-state index contributed by atoms with van der Waals surface area (Å²) in [4.78, 5) is 55.6. The number of urea groups is 1. The van der Waals surface area contributed by atoms with Crippen molar-refractivity contribution in [2.75, 3.05) is 43.1 Å². The zero-order chi connectivity index (χ0) is 34.6. The van der Waals surface area contributed by atoms with Crippen LogP contribution in [0.2, 0.25) is 0 Å². The number of likely N-dealkylation sites (N-methyl/N-ethyl adjacent to an activating group) is 1. The lowest BCUT2D eigenvalue weighted by molar-refractivity contribution is -0.116. The van der Waals surface area contributed by atoms with Crippen LogP contribution in [0, 0.1) is 5.92 Å².